The van der Waals surface area contributed by atoms with E-state index in [0.29, 0.717) is 13.2 Å². The van der Waals surface area contributed by atoms with Gasteiger partial charge in [0.2, 0.25) is 0 Å². The van der Waals surface area contributed by atoms with Gasteiger partial charge in [0.1, 0.15) is 6.61 Å². The molecular weight excluding hydrogens is 254 g/mol. The van der Waals surface area contributed by atoms with Gasteiger partial charge >= 0.3 is 6.09 Å². The lowest BCUT2D eigenvalue weighted by Gasteiger charge is -2.25. The molecule has 0 spiro atoms. The van der Waals surface area contributed by atoms with Crippen LogP contribution in [0.2, 0.25) is 0 Å². The lowest BCUT2D eigenvalue weighted by atomic mass is 9.98. The van der Waals surface area contributed by atoms with Crippen LogP contribution in [0.1, 0.15) is 31.7 Å². The van der Waals surface area contributed by atoms with Crippen molar-refractivity contribution in [1.29, 1.82) is 0 Å². The Morgan fingerprint density at radius 2 is 2.15 bits per heavy atom. The fourth-order valence-electron chi connectivity index (χ4n) is 2.55. The van der Waals surface area contributed by atoms with Crippen LogP contribution in [0.3, 0.4) is 0 Å². The monoisotopic (exact) mass is 277 g/mol. The molecule has 1 aliphatic rings. The van der Waals surface area contributed by atoms with Crippen molar-refractivity contribution in [2.45, 2.75) is 38.9 Å². The lowest BCUT2D eigenvalue weighted by molar-refractivity contribution is 0.0711. The fraction of sp³-hybridized carbons (Fsp3) is 0.562. The summed E-state index contributed by atoms with van der Waals surface area (Å²) in [5, 5.41) is 9.73. The Labute approximate surface area is 120 Å². The van der Waals surface area contributed by atoms with Crippen molar-refractivity contribution >= 4 is 6.09 Å². The summed E-state index contributed by atoms with van der Waals surface area (Å²) in [5.41, 5.74) is 0.989. The summed E-state index contributed by atoms with van der Waals surface area (Å²) in [5.74, 6) is 0.154. The van der Waals surface area contributed by atoms with Gasteiger partial charge in [-0.15, -0.1) is 0 Å². The van der Waals surface area contributed by atoms with Gasteiger partial charge in [-0.1, -0.05) is 36.8 Å². The highest BCUT2D eigenvalue weighted by atomic mass is 16.6. The maximum absolute atomic E-state index is 12.1. The first-order valence-electron chi connectivity index (χ1n) is 7.30. The van der Waals surface area contributed by atoms with Crippen molar-refractivity contribution in [2.75, 3.05) is 13.1 Å². The molecule has 1 fully saturated rings. The molecule has 1 aromatic rings. The number of amides is 1. The average Bonchev–Trinajstić information content (AvgIpc) is 2.72. The smallest absolute Gasteiger partial charge is 0.410 e. The largest absolute Gasteiger partial charge is 0.445 e. The number of aliphatic hydroxyl groups is 1. The first kappa shape index (κ1) is 14.9. The van der Waals surface area contributed by atoms with Gasteiger partial charge in [0, 0.05) is 19.0 Å². The molecule has 0 radical (unpaired) electrons. The minimum atomic E-state index is -0.377. The number of hydrogen-bond acceptors (Lipinski definition) is 3. The second kappa shape index (κ2) is 7.29. The number of hydrogen-bond donors (Lipinski definition) is 1. The molecule has 0 aromatic heterocycles. The molecule has 1 aromatic carbocycles. The standard InChI is InChI=1S/C16H23NO3/c1-13(18)15-9-5-6-10-17(11-15)16(19)20-12-14-7-3-2-4-8-14/h2-4,7-8,13,15,18H,5-6,9-12H2,1H3/t13-,15?/m0/s1. The zero-order chi connectivity index (χ0) is 14.4. The van der Waals surface area contributed by atoms with Crippen molar-refractivity contribution in [2.24, 2.45) is 5.92 Å². The predicted octanol–water partition coefficient (Wildman–Crippen LogP) is 2.81. The Morgan fingerprint density at radius 1 is 1.40 bits per heavy atom. The highest BCUT2D eigenvalue weighted by molar-refractivity contribution is 5.67. The van der Waals surface area contributed by atoms with E-state index >= 15 is 0 Å². The van der Waals surface area contributed by atoms with E-state index in [-0.39, 0.29) is 18.1 Å². The molecule has 1 aliphatic heterocycles. The molecule has 2 rings (SSSR count). The number of likely N-dealkylation sites (tertiary alicyclic amines) is 1. The van der Waals surface area contributed by atoms with Gasteiger partial charge < -0.3 is 14.7 Å². The van der Waals surface area contributed by atoms with Crippen LogP contribution in [0, 0.1) is 5.92 Å². The molecule has 110 valence electrons. The lowest BCUT2D eigenvalue weighted by Crippen LogP contribution is -2.37. The van der Waals surface area contributed by atoms with Gasteiger partial charge in [0.05, 0.1) is 6.10 Å². The summed E-state index contributed by atoms with van der Waals surface area (Å²) in [7, 11) is 0. The minimum absolute atomic E-state index is 0.154. The molecule has 4 nitrogen and oxygen atoms in total. The van der Waals surface area contributed by atoms with E-state index in [0.717, 1.165) is 31.4 Å². The molecular formula is C16H23NO3. The molecule has 1 amide bonds. The van der Waals surface area contributed by atoms with E-state index in [9.17, 15) is 9.90 Å². The van der Waals surface area contributed by atoms with E-state index in [4.69, 9.17) is 4.74 Å². The van der Waals surface area contributed by atoms with Gasteiger partial charge in [-0.3, -0.25) is 0 Å². The van der Waals surface area contributed by atoms with Crippen LogP contribution in [0.15, 0.2) is 30.3 Å². The maximum Gasteiger partial charge on any atom is 0.410 e. The van der Waals surface area contributed by atoms with E-state index in [1.165, 1.54) is 0 Å². The van der Waals surface area contributed by atoms with Crippen LogP contribution in [0.4, 0.5) is 4.79 Å². The van der Waals surface area contributed by atoms with Crippen LogP contribution in [0.25, 0.3) is 0 Å². The van der Waals surface area contributed by atoms with Gasteiger partial charge in [0.25, 0.3) is 0 Å². The third-order valence-electron chi connectivity index (χ3n) is 3.85. The molecule has 1 heterocycles. The second-order valence-corrected chi connectivity index (χ2v) is 5.48. The van der Waals surface area contributed by atoms with Gasteiger partial charge in [0.15, 0.2) is 0 Å². The van der Waals surface area contributed by atoms with Crippen molar-refractivity contribution in [3.8, 4) is 0 Å². The molecule has 20 heavy (non-hydrogen) atoms. The van der Waals surface area contributed by atoms with Gasteiger partial charge in [-0.2, -0.15) is 0 Å². The third kappa shape index (κ3) is 4.23. The number of carbonyl (C=O) groups excluding carboxylic acids is 1. The third-order valence-corrected chi connectivity index (χ3v) is 3.85. The van der Waals surface area contributed by atoms with Crippen molar-refractivity contribution in [1.82, 2.24) is 4.90 Å². The quantitative estimate of drug-likeness (QED) is 0.924. The first-order chi connectivity index (χ1) is 9.66. The number of nitrogens with zero attached hydrogens (tertiary/aromatic N) is 1. The van der Waals surface area contributed by atoms with E-state index in [2.05, 4.69) is 0 Å². The summed E-state index contributed by atoms with van der Waals surface area (Å²) < 4.78 is 5.36. The Morgan fingerprint density at radius 3 is 2.85 bits per heavy atom. The zero-order valence-electron chi connectivity index (χ0n) is 12.0. The Kier molecular flexibility index (Phi) is 5.41. The van der Waals surface area contributed by atoms with Crippen LogP contribution in [-0.4, -0.2) is 35.3 Å². The van der Waals surface area contributed by atoms with Crippen LogP contribution in [-0.2, 0) is 11.3 Å². The van der Waals surface area contributed by atoms with Crippen molar-refractivity contribution in [3.63, 3.8) is 0 Å². The Bertz CT molecular complexity index is 419. The van der Waals surface area contributed by atoms with E-state index in [1.54, 1.807) is 11.8 Å². The summed E-state index contributed by atoms with van der Waals surface area (Å²) in [6.07, 6.45) is 2.35. The molecule has 4 heteroatoms. The number of benzene rings is 1. The average molecular weight is 277 g/mol. The molecule has 0 aliphatic carbocycles. The second-order valence-electron chi connectivity index (χ2n) is 5.48. The highest BCUT2D eigenvalue weighted by Gasteiger charge is 2.25. The number of rotatable bonds is 3. The first-order valence-corrected chi connectivity index (χ1v) is 7.30. The zero-order valence-corrected chi connectivity index (χ0v) is 12.0. The Hall–Kier alpha value is -1.55. The van der Waals surface area contributed by atoms with Crippen molar-refractivity contribution < 1.29 is 14.6 Å². The predicted molar refractivity (Wildman–Crippen MR) is 77.2 cm³/mol. The minimum Gasteiger partial charge on any atom is -0.445 e. The summed E-state index contributed by atoms with van der Waals surface area (Å²) in [4.78, 5) is 13.8. The molecule has 1 unspecified atom stereocenters. The Balaban J connectivity index is 1.87. The van der Waals surface area contributed by atoms with E-state index in [1.807, 2.05) is 30.3 Å². The van der Waals surface area contributed by atoms with Gasteiger partial charge in [-0.25, -0.2) is 4.79 Å². The van der Waals surface area contributed by atoms with E-state index < -0.39 is 0 Å². The van der Waals surface area contributed by atoms with Gasteiger partial charge in [-0.05, 0) is 25.3 Å². The number of aliphatic hydroxyl groups excluding tert-OH is 1. The summed E-state index contributed by atoms with van der Waals surface area (Å²) in [6.45, 7) is 3.40. The topological polar surface area (TPSA) is 49.8 Å². The molecule has 2 atom stereocenters. The normalized spacial score (nSPS) is 21.1. The molecule has 0 saturated carbocycles. The maximum atomic E-state index is 12.1. The van der Waals surface area contributed by atoms with Crippen LogP contribution in [0.5, 0.6) is 0 Å². The molecule has 1 N–H and O–H groups in total. The molecule has 0 bridgehead atoms. The SMILES string of the molecule is C[C@H](O)C1CCCCN(C(=O)OCc2ccccc2)C1. The highest BCUT2D eigenvalue weighted by Crippen LogP contribution is 2.20. The fourth-order valence-corrected chi connectivity index (χ4v) is 2.55. The molecule has 1 saturated heterocycles. The van der Waals surface area contributed by atoms with Crippen molar-refractivity contribution in [3.05, 3.63) is 35.9 Å². The summed E-state index contributed by atoms with van der Waals surface area (Å²) in [6, 6.07) is 9.67. The number of ether oxygens (including phenoxy) is 1. The van der Waals surface area contributed by atoms with Crippen LogP contribution < -0.4 is 0 Å². The van der Waals surface area contributed by atoms with Crippen LogP contribution >= 0.6 is 0 Å². The number of carbonyl (C=O) groups is 1. The summed E-state index contributed by atoms with van der Waals surface area (Å²) >= 11 is 0.